The van der Waals surface area contributed by atoms with Gasteiger partial charge in [-0.2, -0.15) is 0 Å². The van der Waals surface area contributed by atoms with Gasteiger partial charge in [-0.05, 0) is 59.3 Å². The predicted molar refractivity (Wildman–Crippen MR) is 86.5 cm³/mol. The van der Waals surface area contributed by atoms with Crippen molar-refractivity contribution < 1.29 is 0 Å². The zero-order chi connectivity index (χ0) is 14.4. The minimum atomic E-state index is 0.316. The van der Waals surface area contributed by atoms with Gasteiger partial charge in [0.15, 0.2) is 0 Å². The van der Waals surface area contributed by atoms with Crippen LogP contribution in [0.3, 0.4) is 0 Å². The molecule has 0 saturated carbocycles. The van der Waals surface area contributed by atoms with Crippen LogP contribution in [0.4, 0.5) is 0 Å². The third-order valence-electron chi connectivity index (χ3n) is 4.30. The second-order valence-corrected chi connectivity index (χ2v) is 7.80. The van der Waals surface area contributed by atoms with E-state index in [-0.39, 0.29) is 0 Å². The molecule has 0 aromatic carbocycles. The van der Waals surface area contributed by atoms with Crippen LogP contribution < -0.4 is 5.32 Å². The third kappa shape index (κ3) is 7.15. The Labute approximate surface area is 121 Å². The van der Waals surface area contributed by atoms with E-state index in [4.69, 9.17) is 0 Å². The van der Waals surface area contributed by atoms with Gasteiger partial charge in [-0.3, -0.25) is 0 Å². The Bertz CT molecular complexity index is 249. The Hall–Kier alpha value is -0.300. The maximum Gasteiger partial charge on any atom is 0.0132 e. The molecule has 1 aliphatic heterocycles. The van der Waals surface area contributed by atoms with Crippen LogP contribution in [0.2, 0.25) is 0 Å². The van der Waals surface area contributed by atoms with Gasteiger partial charge in [0, 0.05) is 11.1 Å². The van der Waals surface area contributed by atoms with Crippen LogP contribution >= 0.6 is 0 Å². The van der Waals surface area contributed by atoms with E-state index in [0.717, 1.165) is 5.92 Å². The molecular formula is C18H35N. The molecule has 1 aliphatic rings. The van der Waals surface area contributed by atoms with E-state index in [1.54, 1.807) is 0 Å². The fourth-order valence-corrected chi connectivity index (χ4v) is 3.99. The van der Waals surface area contributed by atoms with Crippen molar-refractivity contribution in [3.63, 3.8) is 0 Å². The van der Waals surface area contributed by atoms with Gasteiger partial charge >= 0.3 is 0 Å². The highest BCUT2D eigenvalue weighted by Crippen LogP contribution is 2.35. The Morgan fingerprint density at radius 3 is 2.05 bits per heavy atom. The minimum absolute atomic E-state index is 0.316. The lowest BCUT2D eigenvalue weighted by Gasteiger charge is -2.46. The molecule has 0 aliphatic carbocycles. The van der Waals surface area contributed by atoms with E-state index in [1.165, 1.54) is 57.8 Å². The minimum Gasteiger partial charge on any atom is -0.307 e. The lowest BCUT2D eigenvalue weighted by Crippen LogP contribution is -2.57. The smallest absolute Gasteiger partial charge is 0.0132 e. The molecular weight excluding hydrogens is 230 g/mol. The molecule has 1 saturated heterocycles. The van der Waals surface area contributed by atoms with Crippen molar-refractivity contribution in [3.05, 3.63) is 12.7 Å². The summed E-state index contributed by atoms with van der Waals surface area (Å²) in [7, 11) is 0. The highest BCUT2D eigenvalue weighted by molar-refractivity contribution is 4.96. The first kappa shape index (κ1) is 16.8. The molecule has 1 nitrogen and oxygen atoms in total. The summed E-state index contributed by atoms with van der Waals surface area (Å²) < 4.78 is 0. The topological polar surface area (TPSA) is 12.0 Å². The molecule has 1 heteroatoms. The van der Waals surface area contributed by atoms with Gasteiger partial charge in [0.05, 0.1) is 0 Å². The van der Waals surface area contributed by atoms with Crippen molar-refractivity contribution in [1.82, 2.24) is 5.32 Å². The zero-order valence-corrected chi connectivity index (χ0v) is 13.7. The molecule has 1 N–H and O–H groups in total. The molecule has 0 aromatic heterocycles. The number of unbranched alkanes of at least 4 members (excludes halogenated alkanes) is 5. The number of allylic oxidation sites excluding steroid dienone is 1. The van der Waals surface area contributed by atoms with E-state index in [0.29, 0.717) is 11.1 Å². The van der Waals surface area contributed by atoms with Gasteiger partial charge in [0.25, 0.3) is 0 Å². The molecule has 112 valence electrons. The molecule has 0 bridgehead atoms. The van der Waals surface area contributed by atoms with Crippen LogP contribution in [-0.2, 0) is 0 Å². The Balaban J connectivity index is 2.16. The molecule has 1 rings (SSSR count). The van der Waals surface area contributed by atoms with Gasteiger partial charge in [0.1, 0.15) is 0 Å². The van der Waals surface area contributed by atoms with Gasteiger partial charge in [-0.25, -0.2) is 0 Å². The lowest BCUT2D eigenvalue weighted by molar-refractivity contribution is 0.122. The summed E-state index contributed by atoms with van der Waals surface area (Å²) in [5, 5.41) is 3.78. The number of nitrogens with one attached hydrogen (secondary N) is 1. The van der Waals surface area contributed by atoms with Gasteiger partial charge in [0.2, 0.25) is 0 Å². The zero-order valence-electron chi connectivity index (χ0n) is 13.7. The molecule has 0 atom stereocenters. The molecule has 1 heterocycles. The third-order valence-corrected chi connectivity index (χ3v) is 4.30. The van der Waals surface area contributed by atoms with Gasteiger partial charge < -0.3 is 5.32 Å². The summed E-state index contributed by atoms with van der Waals surface area (Å²) in [6.07, 6.45) is 14.3. The van der Waals surface area contributed by atoms with Crippen LogP contribution in [-0.4, -0.2) is 11.1 Å². The number of rotatable bonds is 8. The van der Waals surface area contributed by atoms with Gasteiger partial charge in [-0.15, -0.1) is 6.58 Å². The first-order chi connectivity index (χ1) is 8.85. The summed E-state index contributed by atoms with van der Waals surface area (Å²) in [5.74, 6) is 0.916. The van der Waals surface area contributed by atoms with Crippen LogP contribution in [0, 0.1) is 5.92 Å². The fraction of sp³-hybridized carbons (Fsp3) is 0.889. The van der Waals surface area contributed by atoms with Crippen molar-refractivity contribution in [2.45, 2.75) is 96.6 Å². The maximum atomic E-state index is 3.78. The van der Waals surface area contributed by atoms with E-state index in [2.05, 4.69) is 39.6 Å². The molecule has 19 heavy (non-hydrogen) atoms. The quantitative estimate of drug-likeness (QED) is 0.454. The highest BCUT2D eigenvalue weighted by atomic mass is 15.0. The van der Waals surface area contributed by atoms with Crippen molar-refractivity contribution >= 4 is 0 Å². The van der Waals surface area contributed by atoms with Crippen molar-refractivity contribution in [1.29, 1.82) is 0 Å². The summed E-state index contributed by atoms with van der Waals surface area (Å²) in [4.78, 5) is 0. The second kappa shape index (κ2) is 7.47. The second-order valence-electron chi connectivity index (χ2n) is 7.80. The summed E-state index contributed by atoms with van der Waals surface area (Å²) >= 11 is 0. The molecule has 0 aromatic rings. The van der Waals surface area contributed by atoms with E-state index in [9.17, 15) is 0 Å². The molecule has 1 fully saturated rings. The van der Waals surface area contributed by atoms with Crippen LogP contribution in [0.5, 0.6) is 0 Å². The van der Waals surface area contributed by atoms with Crippen LogP contribution in [0.1, 0.15) is 85.5 Å². The lowest BCUT2D eigenvalue weighted by atomic mass is 9.74. The fourth-order valence-electron chi connectivity index (χ4n) is 3.99. The molecule has 0 spiro atoms. The van der Waals surface area contributed by atoms with Gasteiger partial charge in [-0.1, -0.05) is 38.2 Å². The van der Waals surface area contributed by atoms with Crippen molar-refractivity contribution in [3.8, 4) is 0 Å². The van der Waals surface area contributed by atoms with Crippen LogP contribution in [0.15, 0.2) is 12.7 Å². The van der Waals surface area contributed by atoms with Crippen LogP contribution in [0.25, 0.3) is 0 Å². The summed E-state index contributed by atoms with van der Waals surface area (Å²) in [5.41, 5.74) is 0.632. The van der Waals surface area contributed by atoms with Crippen molar-refractivity contribution in [2.75, 3.05) is 0 Å². The first-order valence-electron chi connectivity index (χ1n) is 8.25. The standard InChI is InChI=1S/C18H35N/c1-6-7-8-9-10-11-12-13-16-14-17(2,3)19-18(4,5)15-16/h6,16,19H,1,7-15H2,2-5H3. The van der Waals surface area contributed by atoms with E-state index in [1.807, 2.05) is 6.08 Å². The summed E-state index contributed by atoms with van der Waals surface area (Å²) in [6.45, 7) is 13.2. The average Bonchev–Trinajstić information content (AvgIpc) is 2.23. The first-order valence-corrected chi connectivity index (χ1v) is 8.25. The Morgan fingerprint density at radius 1 is 0.947 bits per heavy atom. The maximum absolute atomic E-state index is 3.78. The Morgan fingerprint density at radius 2 is 1.47 bits per heavy atom. The monoisotopic (exact) mass is 265 g/mol. The highest BCUT2D eigenvalue weighted by Gasteiger charge is 2.36. The molecule has 0 amide bonds. The Kier molecular flexibility index (Phi) is 6.59. The number of piperidine rings is 1. The normalized spacial score (nSPS) is 22.3. The SMILES string of the molecule is C=CCCCCCCCC1CC(C)(C)NC(C)(C)C1. The predicted octanol–water partition coefficient (Wildman–Crippen LogP) is 5.46. The molecule has 0 unspecified atom stereocenters. The largest absolute Gasteiger partial charge is 0.307 e. The number of hydrogen-bond acceptors (Lipinski definition) is 1. The summed E-state index contributed by atoms with van der Waals surface area (Å²) in [6, 6.07) is 0. The van der Waals surface area contributed by atoms with Crippen molar-refractivity contribution in [2.24, 2.45) is 5.92 Å². The molecule has 0 radical (unpaired) electrons. The average molecular weight is 265 g/mol. The number of hydrogen-bond donors (Lipinski definition) is 1. The van der Waals surface area contributed by atoms with E-state index >= 15 is 0 Å². The van der Waals surface area contributed by atoms with E-state index < -0.39 is 0 Å².